The predicted octanol–water partition coefficient (Wildman–Crippen LogP) is 2.60. The summed E-state index contributed by atoms with van der Waals surface area (Å²) in [6.07, 6.45) is 5.25. The molecule has 20 heavy (non-hydrogen) atoms. The quantitative estimate of drug-likeness (QED) is 0.309. The van der Waals surface area contributed by atoms with E-state index < -0.39 is 0 Å². The van der Waals surface area contributed by atoms with Gasteiger partial charge < -0.3 is 14.7 Å². The van der Waals surface area contributed by atoms with E-state index in [2.05, 4.69) is 26.6 Å². The Kier molecular flexibility index (Phi) is 10.6. The van der Waals surface area contributed by atoms with Crippen molar-refractivity contribution in [1.82, 2.24) is 14.7 Å². The van der Waals surface area contributed by atoms with Crippen molar-refractivity contribution in [3.8, 4) is 0 Å². The second kappa shape index (κ2) is 10.7. The third-order valence-electron chi connectivity index (χ3n) is 3.68. The maximum atomic E-state index is 4.67. The number of aliphatic imine (C=N–C) groups is 1. The summed E-state index contributed by atoms with van der Waals surface area (Å²) in [5.41, 5.74) is 0. The highest BCUT2D eigenvalue weighted by atomic mass is 127. The number of likely N-dealkylation sites (tertiary alicyclic amines) is 1. The molecule has 1 atom stereocenters. The third kappa shape index (κ3) is 7.67. The molecule has 1 aliphatic heterocycles. The summed E-state index contributed by atoms with van der Waals surface area (Å²) in [6, 6.07) is 0. The number of rotatable bonds is 5. The van der Waals surface area contributed by atoms with E-state index in [1.807, 2.05) is 28.2 Å². The number of hydrogen-bond donors (Lipinski definition) is 0. The van der Waals surface area contributed by atoms with Gasteiger partial charge in [-0.25, -0.2) is 0 Å². The molecule has 5 heteroatoms. The molecule has 0 amide bonds. The van der Waals surface area contributed by atoms with Crippen LogP contribution >= 0.6 is 24.0 Å². The molecular formula is C15H33IN4. The van der Waals surface area contributed by atoms with Crippen LogP contribution in [0.1, 0.15) is 32.6 Å². The summed E-state index contributed by atoms with van der Waals surface area (Å²) < 4.78 is 0. The molecule has 1 aliphatic rings. The maximum Gasteiger partial charge on any atom is 0.195 e. The van der Waals surface area contributed by atoms with Gasteiger partial charge in [-0.3, -0.25) is 4.99 Å². The number of nitrogens with zero attached hydrogens (tertiary/aromatic N) is 4. The Labute approximate surface area is 142 Å². The van der Waals surface area contributed by atoms with Gasteiger partial charge in [0.2, 0.25) is 0 Å². The first-order chi connectivity index (χ1) is 9.00. The van der Waals surface area contributed by atoms with Gasteiger partial charge in [-0.1, -0.05) is 6.92 Å². The van der Waals surface area contributed by atoms with Crippen LogP contribution in [-0.4, -0.2) is 75.0 Å². The Morgan fingerprint density at radius 2 is 1.80 bits per heavy atom. The van der Waals surface area contributed by atoms with Gasteiger partial charge in [0, 0.05) is 41.3 Å². The minimum atomic E-state index is 0. The zero-order valence-electron chi connectivity index (χ0n) is 13.9. The number of hydrogen-bond acceptors (Lipinski definition) is 2. The van der Waals surface area contributed by atoms with E-state index >= 15 is 0 Å². The molecular weight excluding hydrogens is 363 g/mol. The first kappa shape index (κ1) is 20.0. The van der Waals surface area contributed by atoms with Crippen LogP contribution in [0.3, 0.4) is 0 Å². The lowest BCUT2D eigenvalue weighted by Crippen LogP contribution is -2.36. The second-order valence-electron chi connectivity index (χ2n) is 6.23. The minimum absolute atomic E-state index is 0. The fourth-order valence-electron chi connectivity index (χ4n) is 2.80. The molecule has 4 nitrogen and oxygen atoms in total. The molecule has 1 saturated heterocycles. The van der Waals surface area contributed by atoms with Crippen LogP contribution in [0.5, 0.6) is 0 Å². The fraction of sp³-hybridized carbons (Fsp3) is 0.933. The normalized spacial score (nSPS) is 19.1. The Balaban J connectivity index is 0.00000361. The molecule has 1 heterocycles. The SMILES string of the molecule is CC1CCCN(CCCCN=C(N(C)C)N(C)C)C1.I. The Morgan fingerprint density at radius 1 is 1.15 bits per heavy atom. The number of guanidine groups is 1. The van der Waals surface area contributed by atoms with Gasteiger partial charge in [-0.2, -0.15) is 0 Å². The molecule has 0 aromatic rings. The van der Waals surface area contributed by atoms with E-state index in [4.69, 9.17) is 0 Å². The summed E-state index contributed by atoms with van der Waals surface area (Å²) in [5, 5.41) is 0. The molecule has 0 radical (unpaired) electrons. The van der Waals surface area contributed by atoms with Crippen molar-refractivity contribution in [2.24, 2.45) is 10.9 Å². The molecule has 0 saturated carbocycles. The van der Waals surface area contributed by atoms with Crippen LogP contribution < -0.4 is 0 Å². The molecule has 0 aromatic carbocycles. The summed E-state index contributed by atoms with van der Waals surface area (Å²) >= 11 is 0. The summed E-state index contributed by atoms with van der Waals surface area (Å²) in [5.74, 6) is 1.95. The first-order valence-corrected chi connectivity index (χ1v) is 7.62. The van der Waals surface area contributed by atoms with Gasteiger partial charge in [0.15, 0.2) is 5.96 Å². The monoisotopic (exact) mass is 396 g/mol. The van der Waals surface area contributed by atoms with Gasteiger partial charge in [-0.15, -0.1) is 24.0 Å². The zero-order chi connectivity index (χ0) is 14.3. The zero-order valence-corrected chi connectivity index (χ0v) is 16.3. The Morgan fingerprint density at radius 3 is 2.35 bits per heavy atom. The smallest absolute Gasteiger partial charge is 0.195 e. The van der Waals surface area contributed by atoms with Crippen LogP contribution in [-0.2, 0) is 0 Å². The summed E-state index contributed by atoms with van der Waals surface area (Å²) in [4.78, 5) is 11.4. The van der Waals surface area contributed by atoms with Crippen LogP contribution in [0.2, 0.25) is 0 Å². The van der Waals surface area contributed by atoms with Gasteiger partial charge in [0.25, 0.3) is 0 Å². The Hall–Kier alpha value is -0.0400. The molecule has 1 unspecified atom stereocenters. The van der Waals surface area contributed by atoms with Crippen LogP contribution in [0, 0.1) is 5.92 Å². The lowest BCUT2D eigenvalue weighted by molar-refractivity contribution is 0.181. The number of piperidine rings is 1. The van der Waals surface area contributed by atoms with E-state index in [1.54, 1.807) is 0 Å². The maximum absolute atomic E-state index is 4.67. The van der Waals surface area contributed by atoms with Crippen LogP contribution in [0.25, 0.3) is 0 Å². The van der Waals surface area contributed by atoms with Crippen LogP contribution in [0.4, 0.5) is 0 Å². The van der Waals surface area contributed by atoms with Gasteiger partial charge in [-0.05, 0) is 44.7 Å². The highest BCUT2D eigenvalue weighted by Crippen LogP contribution is 2.15. The third-order valence-corrected chi connectivity index (χ3v) is 3.68. The van der Waals surface area contributed by atoms with Crippen molar-refractivity contribution in [3.63, 3.8) is 0 Å². The lowest BCUT2D eigenvalue weighted by Gasteiger charge is -2.30. The molecule has 1 rings (SSSR count). The minimum Gasteiger partial charge on any atom is -0.349 e. The van der Waals surface area contributed by atoms with E-state index in [0.29, 0.717) is 0 Å². The van der Waals surface area contributed by atoms with E-state index in [9.17, 15) is 0 Å². The van der Waals surface area contributed by atoms with Gasteiger partial charge >= 0.3 is 0 Å². The van der Waals surface area contributed by atoms with Crippen LogP contribution in [0.15, 0.2) is 4.99 Å². The fourth-order valence-corrected chi connectivity index (χ4v) is 2.80. The van der Waals surface area contributed by atoms with Crippen molar-refractivity contribution in [2.75, 3.05) is 54.4 Å². The first-order valence-electron chi connectivity index (χ1n) is 7.62. The molecule has 0 aliphatic carbocycles. The van der Waals surface area contributed by atoms with Crippen molar-refractivity contribution in [2.45, 2.75) is 32.6 Å². The standard InChI is InChI=1S/C15H32N4.HI/c1-14-9-8-12-19(13-14)11-7-6-10-16-15(17(2)3)18(4)5;/h14H,6-13H2,1-5H3;1H. The van der Waals surface area contributed by atoms with Crippen molar-refractivity contribution < 1.29 is 0 Å². The highest BCUT2D eigenvalue weighted by Gasteiger charge is 2.15. The average Bonchev–Trinajstić information content (AvgIpc) is 2.32. The lowest BCUT2D eigenvalue weighted by atomic mass is 10.0. The number of unbranched alkanes of at least 4 members (excludes halogenated alkanes) is 1. The molecule has 120 valence electrons. The molecule has 0 bridgehead atoms. The van der Waals surface area contributed by atoms with E-state index in [-0.39, 0.29) is 24.0 Å². The molecule has 0 spiro atoms. The highest BCUT2D eigenvalue weighted by molar-refractivity contribution is 14.0. The molecule has 0 N–H and O–H groups in total. The van der Waals surface area contributed by atoms with E-state index in [0.717, 1.165) is 18.4 Å². The van der Waals surface area contributed by atoms with E-state index in [1.165, 1.54) is 45.3 Å². The van der Waals surface area contributed by atoms with Crippen molar-refractivity contribution in [1.29, 1.82) is 0 Å². The largest absolute Gasteiger partial charge is 0.349 e. The number of halogens is 1. The average molecular weight is 396 g/mol. The second-order valence-corrected chi connectivity index (χ2v) is 6.23. The topological polar surface area (TPSA) is 22.1 Å². The molecule has 0 aromatic heterocycles. The Bertz CT molecular complexity index is 269. The molecule has 1 fully saturated rings. The van der Waals surface area contributed by atoms with Gasteiger partial charge in [0.05, 0.1) is 0 Å². The summed E-state index contributed by atoms with van der Waals surface area (Å²) in [6.45, 7) is 7.16. The predicted molar refractivity (Wildman–Crippen MR) is 99.2 cm³/mol. The summed E-state index contributed by atoms with van der Waals surface area (Å²) in [7, 11) is 8.20. The van der Waals surface area contributed by atoms with Gasteiger partial charge in [0.1, 0.15) is 0 Å². The van der Waals surface area contributed by atoms with Crippen molar-refractivity contribution in [3.05, 3.63) is 0 Å². The van der Waals surface area contributed by atoms with Crippen molar-refractivity contribution >= 4 is 29.9 Å².